The Bertz CT molecular complexity index is 505. The lowest BCUT2D eigenvalue weighted by atomic mass is 9.85. The lowest BCUT2D eigenvalue weighted by Gasteiger charge is -2.25. The number of amides is 2. The van der Waals surface area contributed by atoms with Crippen LogP contribution in [0.2, 0.25) is 0 Å². The molecule has 114 valence electrons. The number of primary amides is 1. The van der Waals surface area contributed by atoms with Crippen LogP contribution in [0.3, 0.4) is 0 Å². The van der Waals surface area contributed by atoms with Gasteiger partial charge in [0.05, 0.1) is 12.0 Å². The molecule has 0 spiro atoms. The van der Waals surface area contributed by atoms with E-state index in [1.807, 2.05) is 6.92 Å². The molecule has 2 rings (SSSR count). The molecule has 0 unspecified atom stereocenters. The van der Waals surface area contributed by atoms with Gasteiger partial charge in [0.1, 0.15) is 5.75 Å². The van der Waals surface area contributed by atoms with Crippen molar-refractivity contribution in [1.29, 1.82) is 0 Å². The Morgan fingerprint density at radius 2 is 1.86 bits per heavy atom. The number of rotatable bonds is 6. The highest BCUT2D eigenvalue weighted by atomic mass is 16.5. The maximum Gasteiger partial charge on any atom is 0.251 e. The lowest BCUT2D eigenvalue weighted by Crippen LogP contribution is -2.44. The summed E-state index contributed by atoms with van der Waals surface area (Å²) in [5.74, 6) is 0.232. The fourth-order valence-corrected chi connectivity index (χ4v) is 2.78. The Kier molecular flexibility index (Phi) is 4.83. The van der Waals surface area contributed by atoms with E-state index in [2.05, 4.69) is 5.32 Å². The van der Waals surface area contributed by atoms with Gasteiger partial charge in [0.25, 0.3) is 5.91 Å². The van der Waals surface area contributed by atoms with E-state index in [0.29, 0.717) is 18.7 Å². The highest BCUT2D eigenvalue weighted by Crippen LogP contribution is 2.37. The van der Waals surface area contributed by atoms with Crippen molar-refractivity contribution < 1.29 is 14.3 Å². The van der Waals surface area contributed by atoms with Crippen LogP contribution in [-0.2, 0) is 4.79 Å². The molecule has 1 aliphatic carbocycles. The van der Waals surface area contributed by atoms with E-state index < -0.39 is 5.41 Å². The third kappa shape index (κ3) is 3.54. The van der Waals surface area contributed by atoms with Gasteiger partial charge in [-0.25, -0.2) is 0 Å². The summed E-state index contributed by atoms with van der Waals surface area (Å²) in [6.07, 6.45) is 3.49. The normalized spacial score (nSPS) is 16.4. The second-order valence-electron chi connectivity index (χ2n) is 5.49. The molecule has 1 aromatic carbocycles. The van der Waals surface area contributed by atoms with Gasteiger partial charge in [-0.15, -0.1) is 0 Å². The van der Waals surface area contributed by atoms with Crippen LogP contribution in [-0.4, -0.2) is 25.0 Å². The van der Waals surface area contributed by atoms with Gasteiger partial charge in [-0.05, 0) is 44.0 Å². The summed E-state index contributed by atoms with van der Waals surface area (Å²) in [5, 5.41) is 2.83. The van der Waals surface area contributed by atoms with Crippen molar-refractivity contribution in [2.45, 2.75) is 32.6 Å². The van der Waals surface area contributed by atoms with Crippen LogP contribution in [0.5, 0.6) is 5.75 Å². The van der Waals surface area contributed by atoms with Crippen LogP contribution < -0.4 is 15.8 Å². The second-order valence-corrected chi connectivity index (χ2v) is 5.49. The molecule has 1 fully saturated rings. The molecule has 1 aromatic rings. The minimum absolute atomic E-state index is 0.189. The predicted molar refractivity (Wildman–Crippen MR) is 80.0 cm³/mol. The van der Waals surface area contributed by atoms with Crippen LogP contribution in [0.1, 0.15) is 43.0 Å². The van der Waals surface area contributed by atoms with Gasteiger partial charge in [0, 0.05) is 12.1 Å². The number of ether oxygens (including phenoxy) is 1. The third-order valence-corrected chi connectivity index (χ3v) is 4.10. The van der Waals surface area contributed by atoms with E-state index in [1.165, 1.54) is 0 Å². The minimum Gasteiger partial charge on any atom is -0.494 e. The Balaban J connectivity index is 1.96. The first-order chi connectivity index (χ1) is 10.1. The Labute approximate surface area is 124 Å². The average Bonchev–Trinajstić information content (AvgIpc) is 2.96. The molecule has 1 saturated carbocycles. The Hall–Kier alpha value is -2.04. The lowest BCUT2D eigenvalue weighted by molar-refractivity contribution is -0.127. The molecule has 3 N–H and O–H groups in total. The summed E-state index contributed by atoms with van der Waals surface area (Å²) in [7, 11) is 0. The number of carbonyl (C=O) groups excluding carboxylic acids is 2. The zero-order valence-electron chi connectivity index (χ0n) is 12.4. The van der Waals surface area contributed by atoms with E-state index in [0.717, 1.165) is 31.4 Å². The van der Waals surface area contributed by atoms with Gasteiger partial charge in [0.15, 0.2) is 0 Å². The van der Waals surface area contributed by atoms with Crippen molar-refractivity contribution in [2.75, 3.05) is 13.2 Å². The number of nitrogens with one attached hydrogen (secondary N) is 1. The van der Waals surface area contributed by atoms with E-state index >= 15 is 0 Å². The number of carbonyl (C=O) groups is 2. The van der Waals surface area contributed by atoms with E-state index in [9.17, 15) is 9.59 Å². The Morgan fingerprint density at radius 3 is 2.38 bits per heavy atom. The summed E-state index contributed by atoms with van der Waals surface area (Å²) in [5.41, 5.74) is 5.49. The first-order valence-corrected chi connectivity index (χ1v) is 7.38. The predicted octanol–water partition coefficient (Wildman–Crippen LogP) is 1.86. The van der Waals surface area contributed by atoms with E-state index in [-0.39, 0.29) is 11.8 Å². The molecule has 0 atom stereocenters. The van der Waals surface area contributed by atoms with Gasteiger partial charge in [0.2, 0.25) is 5.91 Å². The van der Waals surface area contributed by atoms with Crippen molar-refractivity contribution in [3.8, 4) is 5.75 Å². The molecule has 2 amide bonds. The molecule has 0 aromatic heterocycles. The van der Waals surface area contributed by atoms with Gasteiger partial charge in [-0.1, -0.05) is 12.8 Å². The smallest absolute Gasteiger partial charge is 0.251 e. The summed E-state index contributed by atoms with van der Waals surface area (Å²) >= 11 is 0. The molecule has 0 aliphatic heterocycles. The van der Waals surface area contributed by atoms with Crippen LogP contribution in [0.15, 0.2) is 24.3 Å². The van der Waals surface area contributed by atoms with Gasteiger partial charge in [-0.2, -0.15) is 0 Å². The summed E-state index contributed by atoms with van der Waals surface area (Å²) in [6, 6.07) is 6.95. The van der Waals surface area contributed by atoms with Crippen LogP contribution in [0.4, 0.5) is 0 Å². The zero-order valence-corrected chi connectivity index (χ0v) is 12.4. The molecule has 0 saturated heterocycles. The molecule has 0 heterocycles. The quantitative estimate of drug-likeness (QED) is 0.839. The summed E-state index contributed by atoms with van der Waals surface area (Å²) in [6.45, 7) is 2.81. The van der Waals surface area contributed by atoms with Crippen LogP contribution in [0.25, 0.3) is 0 Å². The van der Waals surface area contributed by atoms with Crippen LogP contribution >= 0.6 is 0 Å². The Morgan fingerprint density at radius 1 is 1.24 bits per heavy atom. The largest absolute Gasteiger partial charge is 0.494 e. The minimum atomic E-state index is -0.569. The molecule has 5 heteroatoms. The zero-order chi connectivity index (χ0) is 15.3. The summed E-state index contributed by atoms with van der Waals surface area (Å²) < 4.78 is 5.34. The van der Waals surface area contributed by atoms with Crippen molar-refractivity contribution in [2.24, 2.45) is 11.1 Å². The molecule has 5 nitrogen and oxygen atoms in total. The maximum absolute atomic E-state index is 12.1. The first-order valence-electron chi connectivity index (χ1n) is 7.38. The SMILES string of the molecule is CCOc1ccc(C(=O)NCC2(C(N)=O)CCCC2)cc1. The molecular weight excluding hydrogens is 268 g/mol. The highest BCUT2D eigenvalue weighted by molar-refractivity contribution is 5.94. The van der Waals surface area contributed by atoms with Crippen LogP contribution in [0, 0.1) is 5.41 Å². The van der Waals surface area contributed by atoms with Gasteiger partial charge >= 0.3 is 0 Å². The third-order valence-electron chi connectivity index (χ3n) is 4.10. The van der Waals surface area contributed by atoms with Crippen molar-refractivity contribution in [3.63, 3.8) is 0 Å². The molecule has 21 heavy (non-hydrogen) atoms. The maximum atomic E-state index is 12.1. The van der Waals surface area contributed by atoms with Gasteiger partial charge < -0.3 is 15.8 Å². The monoisotopic (exact) mass is 290 g/mol. The number of hydrogen-bond donors (Lipinski definition) is 2. The van der Waals surface area contributed by atoms with E-state index in [4.69, 9.17) is 10.5 Å². The number of hydrogen-bond acceptors (Lipinski definition) is 3. The molecule has 0 bridgehead atoms. The van der Waals surface area contributed by atoms with Crippen molar-refractivity contribution in [3.05, 3.63) is 29.8 Å². The fourth-order valence-electron chi connectivity index (χ4n) is 2.78. The molecular formula is C16H22N2O3. The average molecular weight is 290 g/mol. The molecule has 0 radical (unpaired) electrons. The standard InChI is InChI=1S/C16H22N2O3/c1-2-21-13-7-5-12(6-8-13)14(19)18-11-16(15(17)20)9-3-4-10-16/h5-8H,2-4,9-11H2,1H3,(H2,17,20)(H,18,19). The highest BCUT2D eigenvalue weighted by Gasteiger charge is 2.39. The second kappa shape index (κ2) is 6.61. The van der Waals surface area contributed by atoms with Crippen molar-refractivity contribution >= 4 is 11.8 Å². The first kappa shape index (κ1) is 15.4. The van der Waals surface area contributed by atoms with Crippen molar-refractivity contribution in [1.82, 2.24) is 5.32 Å². The number of nitrogens with two attached hydrogens (primary N) is 1. The molecule has 1 aliphatic rings. The van der Waals surface area contributed by atoms with E-state index in [1.54, 1.807) is 24.3 Å². The van der Waals surface area contributed by atoms with Gasteiger partial charge in [-0.3, -0.25) is 9.59 Å². The fraction of sp³-hybridized carbons (Fsp3) is 0.500. The topological polar surface area (TPSA) is 81.4 Å². The number of benzene rings is 1. The summed E-state index contributed by atoms with van der Waals surface area (Å²) in [4.78, 5) is 23.8.